The fourth-order valence-electron chi connectivity index (χ4n) is 3.78. The zero-order valence-corrected chi connectivity index (χ0v) is 15.5. The van der Waals surface area contributed by atoms with Gasteiger partial charge in [0.1, 0.15) is 5.82 Å². The van der Waals surface area contributed by atoms with E-state index in [0.29, 0.717) is 19.8 Å². The van der Waals surface area contributed by atoms with Crippen molar-refractivity contribution in [1.82, 2.24) is 15.1 Å². The second-order valence-electron chi connectivity index (χ2n) is 7.16. The van der Waals surface area contributed by atoms with Crippen molar-refractivity contribution in [3.63, 3.8) is 0 Å². The van der Waals surface area contributed by atoms with E-state index in [0.717, 1.165) is 44.6 Å². The third kappa shape index (κ3) is 5.42. The van der Waals surface area contributed by atoms with Crippen molar-refractivity contribution in [3.05, 3.63) is 35.6 Å². The zero-order valence-electron chi connectivity index (χ0n) is 15.5. The highest BCUT2D eigenvalue weighted by atomic mass is 19.1. The molecule has 144 valence electrons. The lowest BCUT2D eigenvalue weighted by Gasteiger charge is -2.35. The minimum atomic E-state index is -0.237. The van der Waals surface area contributed by atoms with Gasteiger partial charge in [0.15, 0.2) is 0 Å². The Bertz CT molecular complexity index is 553. The van der Waals surface area contributed by atoms with E-state index in [1.54, 1.807) is 0 Å². The molecule has 0 saturated carbocycles. The maximum atomic E-state index is 13.3. The average Bonchev–Trinajstić information content (AvgIpc) is 2.64. The van der Waals surface area contributed by atoms with E-state index in [1.807, 2.05) is 17.0 Å². The second kappa shape index (κ2) is 9.88. The number of nitrogens with one attached hydrogen (secondary N) is 1. The van der Waals surface area contributed by atoms with Crippen LogP contribution in [0.2, 0.25) is 0 Å². The molecule has 1 unspecified atom stereocenters. The molecule has 1 atom stereocenters. The molecule has 5 nitrogen and oxygen atoms in total. The van der Waals surface area contributed by atoms with Gasteiger partial charge in [-0.2, -0.15) is 0 Å². The van der Waals surface area contributed by atoms with Crippen molar-refractivity contribution >= 4 is 6.03 Å². The van der Waals surface area contributed by atoms with E-state index in [1.165, 1.54) is 31.4 Å². The quantitative estimate of drug-likeness (QED) is 0.894. The van der Waals surface area contributed by atoms with Gasteiger partial charge in [-0.05, 0) is 30.5 Å². The summed E-state index contributed by atoms with van der Waals surface area (Å²) in [4.78, 5) is 16.9. The van der Waals surface area contributed by atoms with E-state index < -0.39 is 0 Å². The van der Waals surface area contributed by atoms with Crippen LogP contribution in [0.3, 0.4) is 0 Å². The summed E-state index contributed by atoms with van der Waals surface area (Å²) in [6, 6.07) is 6.67. The number of hydrogen-bond acceptors (Lipinski definition) is 3. The Morgan fingerprint density at radius 1 is 1.00 bits per heavy atom. The Morgan fingerprint density at radius 2 is 1.62 bits per heavy atom. The summed E-state index contributed by atoms with van der Waals surface area (Å²) < 4.78 is 18.8. The van der Waals surface area contributed by atoms with Crippen LogP contribution in [0.4, 0.5) is 9.18 Å². The standard InChI is InChI=1S/C20H30FN3O2/c21-18-8-6-17(7-9-18)19(23-12-14-26-15-13-23)16-22-20(25)24-10-4-2-1-3-5-11-24/h6-9,19H,1-5,10-16H2,(H,22,25). The number of benzene rings is 1. The Morgan fingerprint density at radius 3 is 2.27 bits per heavy atom. The number of carbonyl (C=O) groups is 1. The lowest BCUT2D eigenvalue weighted by molar-refractivity contribution is 0.0164. The van der Waals surface area contributed by atoms with Gasteiger partial charge in [0, 0.05) is 32.7 Å². The molecular formula is C20H30FN3O2. The maximum absolute atomic E-state index is 13.3. The highest BCUT2D eigenvalue weighted by Crippen LogP contribution is 2.22. The molecule has 2 saturated heterocycles. The summed E-state index contributed by atoms with van der Waals surface area (Å²) in [6.45, 7) is 5.23. The van der Waals surface area contributed by atoms with Crippen molar-refractivity contribution < 1.29 is 13.9 Å². The number of ether oxygens (including phenoxy) is 1. The molecule has 0 aromatic heterocycles. The molecule has 6 heteroatoms. The Kier molecular flexibility index (Phi) is 7.26. The molecule has 1 aromatic rings. The number of halogens is 1. The maximum Gasteiger partial charge on any atom is 0.317 e. The van der Waals surface area contributed by atoms with Gasteiger partial charge in [-0.25, -0.2) is 9.18 Å². The van der Waals surface area contributed by atoms with Gasteiger partial charge in [-0.3, -0.25) is 4.90 Å². The zero-order chi connectivity index (χ0) is 18.2. The summed E-state index contributed by atoms with van der Waals surface area (Å²) >= 11 is 0. The van der Waals surface area contributed by atoms with Crippen LogP contribution >= 0.6 is 0 Å². The van der Waals surface area contributed by atoms with E-state index in [-0.39, 0.29) is 17.9 Å². The molecular weight excluding hydrogens is 333 g/mol. The number of nitrogens with zero attached hydrogens (tertiary/aromatic N) is 2. The Labute approximate surface area is 155 Å². The second-order valence-corrected chi connectivity index (χ2v) is 7.16. The van der Waals surface area contributed by atoms with Gasteiger partial charge in [0.2, 0.25) is 0 Å². The van der Waals surface area contributed by atoms with Crippen LogP contribution in [0, 0.1) is 5.82 Å². The number of morpholine rings is 1. The summed E-state index contributed by atoms with van der Waals surface area (Å²) in [6.07, 6.45) is 5.85. The fraction of sp³-hybridized carbons (Fsp3) is 0.650. The summed E-state index contributed by atoms with van der Waals surface area (Å²) in [7, 11) is 0. The van der Waals surface area contributed by atoms with Crippen LogP contribution in [0.5, 0.6) is 0 Å². The van der Waals surface area contributed by atoms with Crippen molar-refractivity contribution in [2.45, 2.75) is 38.1 Å². The monoisotopic (exact) mass is 363 g/mol. The number of amides is 2. The fourth-order valence-corrected chi connectivity index (χ4v) is 3.78. The Hall–Kier alpha value is -1.66. The molecule has 2 aliphatic rings. The molecule has 0 bridgehead atoms. The third-order valence-electron chi connectivity index (χ3n) is 5.33. The molecule has 0 radical (unpaired) electrons. The van der Waals surface area contributed by atoms with Crippen LogP contribution in [0.1, 0.15) is 43.7 Å². The first-order valence-electron chi connectivity index (χ1n) is 9.84. The van der Waals surface area contributed by atoms with Crippen molar-refractivity contribution in [1.29, 1.82) is 0 Å². The van der Waals surface area contributed by atoms with Crippen molar-refractivity contribution in [2.75, 3.05) is 45.9 Å². The highest BCUT2D eigenvalue weighted by Gasteiger charge is 2.24. The van der Waals surface area contributed by atoms with Gasteiger partial charge >= 0.3 is 6.03 Å². The molecule has 2 amide bonds. The Balaban J connectivity index is 1.62. The van der Waals surface area contributed by atoms with Gasteiger partial charge in [-0.15, -0.1) is 0 Å². The van der Waals surface area contributed by atoms with Crippen molar-refractivity contribution in [3.8, 4) is 0 Å². The topological polar surface area (TPSA) is 44.8 Å². The molecule has 2 fully saturated rings. The van der Waals surface area contributed by atoms with Gasteiger partial charge in [0.05, 0.1) is 19.3 Å². The van der Waals surface area contributed by atoms with E-state index in [2.05, 4.69) is 10.2 Å². The predicted octanol–water partition coefficient (Wildman–Crippen LogP) is 3.17. The molecule has 26 heavy (non-hydrogen) atoms. The number of rotatable bonds is 4. The molecule has 1 aromatic carbocycles. The normalized spacial score (nSPS) is 20.9. The molecule has 3 rings (SSSR count). The number of hydrogen-bond donors (Lipinski definition) is 1. The smallest absolute Gasteiger partial charge is 0.317 e. The first-order valence-corrected chi connectivity index (χ1v) is 9.84. The third-order valence-corrected chi connectivity index (χ3v) is 5.33. The molecule has 2 aliphatic heterocycles. The molecule has 0 aliphatic carbocycles. The van der Waals surface area contributed by atoms with Crippen LogP contribution < -0.4 is 5.32 Å². The van der Waals surface area contributed by atoms with E-state index >= 15 is 0 Å². The van der Waals surface area contributed by atoms with E-state index in [4.69, 9.17) is 4.74 Å². The summed E-state index contributed by atoms with van der Waals surface area (Å²) in [5.74, 6) is -0.237. The minimum absolute atomic E-state index is 0.0206. The van der Waals surface area contributed by atoms with Crippen LogP contribution in [0.25, 0.3) is 0 Å². The van der Waals surface area contributed by atoms with Crippen LogP contribution in [0.15, 0.2) is 24.3 Å². The largest absolute Gasteiger partial charge is 0.379 e. The van der Waals surface area contributed by atoms with Crippen LogP contribution in [-0.4, -0.2) is 61.8 Å². The first-order chi connectivity index (χ1) is 12.7. The lowest BCUT2D eigenvalue weighted by atomic mass is 10.0. The van der Waals surface area contributed by atoms with E-state index in [9.17, 15) is 9.18 Å². The number of carbonyl (C=O) groups excluding carboxylic acids is 1. The first kappa shape index (κ1) is 19.1. The van der Waals surface area contributed by atoms with Gasteiger partial charge in [0.25, 0.3) is 0 Å². The minimum Gasteiger partial charge on any atom is -0.379 e. The predicted molar refractivity (Wildman–Crippen MR) is 99.6 cm³/mol. The molecule has 0 spiro atoms. The lowest BCUT2D eigenvalue weighted by Crippen LogP contribution is -2.47. The van der Waals surface area contributed by atoms with Gasteiger partial charge in [-0.1, -0.05) is 31.4 Å². The molecule has 1 N–H and O–H groups in total. The average molecular weight is 363 g/mol. The number of likely N-dealkylation sites (tertiary alicyclic amines) is 1. The number of urea groups is 1. The molecule has 2 heterocycles. The van der Waals surface area contributed by atoms with Crippen LogP contribution in [-0.2, 0) is 4.74 Å². The van der Waals surface area contributed by atoms with Gasteiger partial charge < -0.3 is 15.0 Å². The van der Waals surface area contributed by atoms with Crippen molar-refractivity contribution in [2.24, 2.45) is 0 Å². The SMILES string of the molecule is O=C(NCC(c1ccc(F)cc1)N1CCOCC1)N1CCCCCCC1. The summed E-state index contributed by atoms with van der Waals surface area (Å²) in [5, 5.41) is 3.12. The summed E-state index contributed by atoms with van der Waals surface area (Å²) in [5.41, 5.74) is 1.03. The highest BCUT2D eigenvalue weighted by molar-refractivity contribution is 5.74.